The Bertz CT molecular complexity index is 760. The molecule has 1 aliphatic rings. The van der Waals surface area contributed by atoms with Crippen molar-refractivity contribution in [1.29, 1.82) is 0 Å². The lowest BCUT2D eigenvalue weighted by atomic mass is 10.1. The highest BCUT2D eigenvalue weighted by Crippen LogP contribution is 2.20. The van der Waals surface area contributed by atoms with Crippen molar-refractivity contribution in [2.45, 2.75) is 45.3 Å². The van der Waals surface area contributed by atoms with E-state index in [0.717, 1.165) is 17.0 Å². The third-order valence-electron chi connectivity index (χ3n) is 5.07. The molecular weight excluding hydrogens is 332 g/mol. The molecule has 1 aliphatic heterocycles. The van der Waals surface area contributed by atoms with E-state index >= 15 is 0 Å². The van der Waals surface area contributed by atoms with E-state index < -0.39 is 6.10 Å². The summed E-state index contributed by atoms with van der Waals surface area (Å²) >= 11 is 0. The minimum atomic E-state index is -0.602. The van der Waals surface area contributed by atoms with E-state index in [0.29, 0.717) is 38.1 Å². The summed E-state index contributed by atoms with van der Waals surface area (Å²) in [5.74, 6) is 0.705. The first-order valence-electron chi connectivity index (χ1n) is 8.97. The monoisotopic (exact) mass is 358 g/mol. The van der Waals surface area contributed by atoms with Gasteiger partial charge in [0, 0.05) is 44.0 Å². The van der Waals surface area contributed by atoms with E-state index in [-0.39, 0.29) is 12.0 Å². The smallest absolute Gasteiger partial charge is 0.227 e. The van der Waals surface area contributed by atoms with Crippen molar-refractivity contribution in [1.82, 2.24) is 19.7 Å². The van der Waals surface area contributed by atoms with Gasteiger partial charge in [-0.1, -0.05) is 0 Å². The molecule has 26 heavy (non-hydrogen) atoms. The number of aliphatic hydroxyl groups is 1. The predicted molar refractivity (Wildman–Crippen MR) is 96.9 cm³/mol. The fraction of sp³-hybridized carbons (Fsp3) is 0.526. The van der Waals surface area contributed by atoms with Crippen molar-refractivity contribution in [2.24, 2.45) is 7.05 Å². The number of rotatable bonds is 4. The average Bonchev–Trinajstić information content (AvgIpc) is 2.77. The SMILES string of the molecule is Cc1nn(C)c(C)c1CC(=O)N1CC[C@H](Oc2cccnc2)[C@@H](O)CC1. The van der Waals surface area contributed by atoms with Crippen LogP contribution in [0, 0.1) is 13.8 Å². The number of amides is 1. The van der Waals surface area contributed by atoms with Crippen molar-refractivity contribution >= 4 is 5.91 Å². The minimum absolute atomic E-state index is 0.0680. The van der Waals surface area contributed by atoms with E-state index in [1.54, 1.807) is 18.5 Å². The second-order valence-corrected chi connectivity index (χ2v) is 6.82. The fourth-order valence-electron chi connectivity index (χ4n) is 3.38. The van der Waals surface area contributed by atoms with Crippen molar-refractivity contribution in [3.63, 3.8) is 0 Å². The first-order valence-corrected chi connectivity index (χ1v) is 8.97. The summed E-state index contributed by atoms with van der Waals surface area (Å²) in [6.07, 6.45) is 3.81. The highest BCUT2D eigenvalue weighted by molar-refractivity contribution is 5.79. The highest BCUT2D eigenvalue weighted by atomic mass is 16.5. The molecule has 1 amide bonds. The number of aromatic nitrogens is 3. The summed E-state index contributed by atoms with van der Waals surface area (Å²) < 4.78 is 7.68. The lowest BCUT2D eigenvalue weighted by Gasteiger charge is -2.21. The normalized spacial score (nSPS) is 20.7. The van der Waals surface area contributed by atoms with Gasteiger partial charge in [-0.2, -0.15) is 5.10 Å². The highest BCUT2D eigenvalue weighted by Gasteiger charge is 2.29. The van der Waals surface area contributed by atoms with Crippen LogP contribution in [0.3, 0.4) is 0 Å². The molecule has 7 nitrogen and oxygen atoms in total. The largest absolute Gasteiger partial charge is 0.486 e. The summed E-state index contributed by atoms with van der Waals surface area (Å²) in [5.41, 5.74) is 2.90. The second-order valence-electron chi connectivity index (χ2n) is 6.82. The van der Waals surface area contributed by atoms with Gasteiger partial charge in [-0.05, 0) is 32.4 Å². The van der Waals surface area contributed by atoms with Gasteiger partial charge < -0.3 is 14.7 Å². The van der Waals surface area contributed by atoms with Gasteiger partial charge in [0.15, 0.2) is 0 Å². The lowest BCUT2D eigenvalue weighted by molar-refractivity contribution is -0.130. The van der Waals surface area contributed by atoms with Crippen molar-refractivity contribution in [2.75, 3.05) is 13.1 Å². The number of ether oxygens (including phenoxy) is 1. The molecule has 0 aliphatic carbocycles. The Hall–Kier alpha value is -2.41. The van der Waals surface area contributed by atoms with Gasteiger partial charge in [0.05, 0.1) is 24.4 Å². The van der Waals surface area contributed by atoms with Crippen LogP contribution >= 0.6 is 0 Å². The molecule has 2 aromatic heterocycles. The molecular formula is C19H26N4O3. The van der Waals surface area contributed by atoms with Crippen LogP contribution in [0.5, 0.6) is 5.75 Å². The number of likely N-dealkylation sites (tertiary alicyclic amines) is 1. The number of carbonyl (C=O) groups excluding carboxylic acids is 1. The third-order valence-corrected chi connectivity index (χ3v) is 5.07. The Morgan fingerprint density at radius 1 is 1.35 bits per heavy atom. The molecule has 0 aromatic carbocycles. The van der Waals surface area contributed by atoms with Crippen LogP contribution in [-0.2, 0) is 18.3 Å². The Morgan fingerprint density at radius 2 is 2.12 bits per heavy atom. The molecule has 0 spiro atoms. The zero-order chi connectivity index (χ0) is 18.7. The first kappa shape index (κ1) is 18.4. The third kappa shape index (κ3) is 4.04. The molecule has 1 saturated heterocycles. The molecule has 2 aromatic rings. The van der Waals surface area contributed by atoms with Gasteiger partial charge >= 0.3 is 0 Å². The van der Waals surface area contributed by atoms with E-state index in [1.807, 2.05) is 36.5 Å². The maximum Gasteiger partial charge on any atom is 0.227 e. The van der Waals surface area contributed by atoms with Gasteiger partial charge in [-0.3, -0.25) is 14.5 Å². The quantitative estimate of drug-likeness (QED) is 0.894. The van der Waals surface area contributed by atoms with Crippen molar-refractivity contribution in [3.8, 4) is 5.75 Å². The number of nitrogens with zero attached hydrogens (tertiary/aromatic N) is 4. The number of aliphatic hydroxyl groups excluding tert-OH is 1. The van der Waals surface area contributed by atoms with E-state index in [2.05, 4.69) is 10.1 Å². The average molecular weight is 358 g/mol. The van der Waals surface area contributed by atoms with Crippen LogP contribution in [0.2, 0.25) is 0 Å². The standard InChI is InChI=1S/C19H26N4O3/c1-13-16(14(2)22(3)21-13)11-19(25)23-9-6-17(24)18(7-10-23)26-15-5-4-8-20-12-15/h4-5,8,12,17-18,24H,6-7,9-11H2,1-3H3/t17-,18-/m0/s1. The molecule has 140 valence electrons. The van der Waals surface area contributed by atoms with Gasteiger partial charge in [0.25, 0.3) is 0 Å². The van der Waals surface area contributed by atoms with E-state index in [9.17, 15) is 9.90 Å². The number of carbonyl (C=O) groups is 1. The molecule has 7 heteroatoms. The number of hydrogen-bond donors (Lipinski definition) is 1. The van der Waals surface area contributed by atoms with Gasteiger partial charge in [0.1, 0.15) is 11.9 Å². The van der Waals surface area contributed by atoms with Crippen molar-refractivity contribution in [3.05, 3.63) is 41.5 Å². The summed E-state index contributed by atoms with van der Waals surface area (Å²) in [6.45, 7) is 5.01. The topological polar surface area (TPSA) is 80.5 Å². The predicted octanol–water partition coefficient (Wildman–Crippen LogP) is 1.41. The molecule has 0 bridgehead atoms. The van der Waals surface area contributed by atoms with Crippen LogP contribution in [-0.4, -0.2) is 56.0 Å². The van der Waals surface area contributed by atoms with Gasteiger partial charge in [-0.15, -0.1) is 0 Å². The molecule has 1 fully saturated rings. The summed E-state index contributed by atoms with van der Waals surface area (Å²) in [5, 5.41) is 14.8. The fourth-order valence-corrected chi connectivity index (χ4v) is 3.38. The molecule has 3 rings (SSSR count). The van der Waals surface area contributed by atoms with Crippen LogP contribution in [0.1, 0.15) is 29.8 Å². The van der Waals surface area contributed by atoms with Crippen LogP contribution in [0.25, 0.3) is 0 Å². The van der Waals surface area contributed by atoms with E-state index in [4.69, 9.17) is 4.74 Å². The zero-order valence-electron chi connectivity index (χ0n) is 15.6. The first-order chi connectivity index (χ1) is 12.5. The summed E-state index contributed by atoms with van der Waals surface area (Å²) in [7, 11) is 1.89. The Kier molecular flexibility index (Phi) is 5.56. The molecule has 3 heterocycles. The Labute approximate surface area is 153 Å². The second kappa shape index (κ2) is 7.86. The zero-order valence-corrected chi connectivity index (χ0v) is 15.6. The molecule has 0 saturated carbocycles. The van der Waals surface area contributed by atoms with E-state index in [1.165, 1.54) is 0 Å². The van der Waals surface area contributed by atoms with Crippen molar-refractivity contribution < 1.29 is 14.6 Å². The molecule has 0 unspecified atom stereocenters. The maximum atomic E-state index is 12.8. The lowest BCUT2D eigenvalue weighted by Crippen LogP contribution is -2.34. The Morgan fingerprint density at radius 3 is 2.77 bits per heavy atom. The van der Waals surface area contributed by atoms with Gasteiger partial charge in [-0.25, -0.2) is 0 Å². The number of hydrogen-bond acceptors (Lipinski definition) is 5. The maximum absolute atomic E-state index is 12.8. The summed E-state index contributed by atoms with van der Waals surface area (Å²) in [6, 6.07) is 3.62. The Balaban J connectivity index is 1.63. The van der Waals surface area contributed by atoms with Gasteiger partial charge in [0.2, 0.25) is 5.91 Å². The molecule has 2 atom stereocenters. The van der Waals surface area contributed by atoms with Crippen LogP contribution < -0.4 is 4.74 Å². The minimum Gasteiger partial charge on any atom is -0.486 e. The summed E-state index contributed by atoms with van der Waals surface area (Å²) in [4.78, 5) is 18.6. The molecule has 0 radical (unpaired) electrons. The number of aryl methyl sites for hydroxylation is 2. The molecule has 1 N–H and O–H groups in total. The van der Waals surface area contributed by atoms with Crippen LogP contribution in [0.4, 0.5) is 0 Å². The van der Waals surface area contributed by atoms with Crippen LogP contribution in [0.15, 0.2) is 24.5 Å². The number of pyridine rings is 1.